The minimum atomic E-state index is -0.313. The Morgan fingerprint density at radius 1 is 1.45 bits per heavy atom. The van der Waals surface area contributed by atoms with Gasteiger partial charge in [-0.1, -0.05) is 0 Å². The normalized spacial score (nSPS) is 23.6. The number of carbonyl (C=O) groups excluding carboxylic acids is 1. The van der Waals surface area contributed by atoms with Crippen molar-refractivity contribution in [3.63, 3.8) is 0 Å². The van der Waals surface area contributed by atoms with E-state index in [-0.39, 0.29) is 23.3 Å². The van der Waals surface area contributed by atoms with Crippen LogP contribution in [0.2, 0.25) is 0 Å². The molecule has 2 rings (SSSR count). The molecule has 0 spiro atoms. The molecule has 1 aromatic rings. The minimum absolute atomic E-state index is 0.0461. The number of carbonyl (C=O) groups is 1. The van der Waals surface area contributed by atoms with Crippen LogP contribution in [0.25, 0.3) is 0 Å². The van der Waals surface area contributed by atoms with Gasteiger partial charge in [-0.25, -0.2) is 4.39 Å². The summed E-state index contributed by atoms with van der Waals surface area (Å²) < 4.78 is 18.1. The number of hydrogen-bond donors (Lipinski definition) is 2. The third-order valence-electron chi connectivity index (χ3n) is 3.43. The molecule has 20 heavy (non-hydrogen) atoms. The van der Waals surface area contributed by atoms with Crippen LogP contribution >= 0.6 is 0 Å². The Bertz CT molecular complexity index is 455. The van der Waals surface area contributed by atoms with Crippen LogP contribution in [-0.4, -0.2) is 30.7 Å². The third-order valence-corrected chi connectivity index (χ3v) is 3.43. The van der Waals surface area contributed by atoms with E-state index in [4.69, 9.17) is 4.74 Å². The van der Waals surface area contributed by atoms with Gasteiger partial charge in [-0.3, -0.25) is 4.79 Å². The first-order chi connectivity index (χ1) is 9.47. The number of benzene rings is 1. The molecule has 0 bridgehead atoms. The topological polar surface area (TPSA) is 50.4 Å². The Hall–Kier alpha value is -1.46. The molecule has 110 valence electrons. The van der Waals surface area contributed by atoms with Crippen molar-refractivity contribution in [3.05, 3.63) is 30.1 Å². The van der Waals surface area contributed by atoms with Gasteiger partial charge in [0.2, 0.25) is 5.91 Å². The Kier molecular flexibility index (Phi) is 4.73. The highest BCUT2D eigenvalue weighted by atomic mass is 19.1. The predicted molar refractivity (Wildman–Crippen MR) is 76.1 cm³/mol. The van der Waals surface area contributed by atoms with E-state index in [1.807, 2.05) is 6.92 Å². The van der Waals surface area contributed by atoms with E-state index in [1.165, 1.54) is 12.1 Å². The molecule has 1 saturated heterocycles. The van der Waals surface area contributed by atoms with Gasteiger partial charge in [0.1, 0.15) is 5.82 Å². The first kappa shape index (κ1) is 14.9. The molecule has 0 radical (unpaired) electrons. The second kappa shape index (κ2) is 6.33. The van der Waals surface area contributed by atoms with Crippen molar-refractivity contribution in [2.24, 2.45) is 0 Å². The van der Waals surface area contributed by atoms with Crippen LogP contribution in [0, 0.1) is 5.82 Å². The van der Waals surface area contributed by atoms with Crippen molar-refractivity contribution in [2.45, 2.75) is 38.3 Å². The molecular formula is C15H21FN2O2. The van der Waals surface area contributed by atoms with Crippen LogP contribution in [0.4, 0.5) is 10.1 Å². The van der Waals surface area contributed by atoms with Crippen LogP contribution in [0.3, 0.4) is 0 Å². The second-order valence-corrected chi connectivity index (χ2v) is 5.67. The Morgan fingerprint density at radius 2 is 2.15 bits per heavy atom. The first-order valence-corrected chi connectivity index (χ1v) is 6.88. The van der Waals surface area contributed by atoms with Crippen LogP contribution in [0.15, 0.2) is 24.3 Å². The fourth-order valence-electron chi connectivity index (χ4n) is 2.45. The van der Waals surface area contributed by atoms with E-state index in [0.717, 1.165) is 13.0 Å². The molecule has 1 aliphatic heterocycles. The minimum Gasteiger partial charge on any atom is -0.379 e. The van der Waals surface area contributed by atoms with Crippen molar-refractivity contribution < 1.29 is 13.9 Å². The Morgan fingerprint density at radius 3 is 2.75 bits per heavy atom. The lowest BCUT2D eigenvalue weighted by Gasteiger charge is -2.28. The molecule has 0 aromatic heterocycles. The first-order valence-electron chi connectivity index (χ1n) is 6.88. The van der Waals surface area contributed by atoms with E-state index in [0.29, 0.717) is 18.7 Å². The molecule has 0 aliphatic carbocycles. The Labute approximate surface area is 118 Å². The van der Waals surface area contributed by atoms with Crippen molar-refractivity contribution in [3.8, 4) is 0 Å². The van der Waals surface area contributed by atoms with Gasteiger partial charge in [-0.2, -0.15) is 0 Å². The zero-order chi connectivity index (χ0) is 14.6. The summed E-state index contributed by atoms with van der Waals surface area (Å²) in [5, 5.41) is 6.20. The maximum Gasteiger partial charge on any atom is 0.225 e. The fourth-order valence-corrected chi connectivity index (χ4v) is 2.45. The highest BCUT2D eigenvalue weighted by Crippen LogP contribution is 2.19. The molecule has 1 fully saturated rings. The van der Waals surface area contributed by atoms with Gasteiger partial charge in [-0.05, 0) is 44.5 Å². The lowest BCUT2D eigenvalue weighted by molar-refractivity contribution is -0.116. The fraction of sp³-hybridized carbons (Fsp3) is 0.533. The molecular weight excluding hydrogens is 259 g/mol. The molecule has 5 heteroatoms. The average Bonchev–Trinajstić information content (AvgIpc) is 2.78. The average molecular weight is 280 g/mol. The molecule has 1 aliphatic rings. The zero-order valence-corrected chi connectivity index (χ0v) is 11.9. The van der Waals surface area contributed by atoms with Crippen LogP contribution in [-0.2, 0) is 9.53 Å². The molecule has 2 N–H and O–H groups in total. The Balaban J connectivity index is 1.80. The molecule has 1 aromatic carbocycles. The lowest BCUT2D eigenvalue weighted by Crippen LogP contribution is -2.48. The summed E-state index contributed by atoms with van der Waals surface area (Å²) in [7, 11) is 0. The van der Waals surface area contributed by atoms with Gasteiger partial charge in [0, 0.05) is 30.3 Å². The van der Waals surface area contributed by atoms with Gasteiger partial charge < -0.3 is 15.4 Å². The van der Waals surface area contributed by atoms with E-state index in [9.17, 15) is 9.18 Å². The summed E-state index contributed by atoms with van der Waals surface area (Å²) in [6.07, 6.45) is 1.32. The van der Waals surface area contributed by atoms with E-state index < -0.39 is 0 Å². The number of halogens is 1. The summed E-state index contributed by atoms with van der Waals surface area (Å²) in [6, 6.07) is 5.82. The predicted octanol–water partition coefficient (Wildman–Crippen LogP) is 2.31. The summed E-state index contributed by atoms with van der Waals surface area (Å²) in [5.74, 6) is -0.397. The summed E-state index contributed by atoms with van der Waals surface area (Å²) in [4.78, 5) is 11.9. The van der Waals surface area contributed by atoms with Gasteiger partial charge >= 0.3 is 0 Å². The van der Waals surface area contributed by atoms with Crippen molar-refractivity contribution >= 4 is 11.6 Å². The van der Waals surface area contributed by atoms with Gasteiger partial charge in [-0.15, -0.1) is 0 Å². The quantitative estimate of drug-likeness (QED) is 0.870. The number of hydrogen-bond acceptors (Lipinski definition) is 3. The molecule has 1 heterocycles. The lowest BCUT2D eigenvalue weighted by atomic mass is 10.00. The van der Waals surface area contributed by atoms with Gasteiger partial charge in [0.15, 0.2) is 0 Å². The maximum absolute atomic E-state index is 12.8. The molecule has 0 saturated carbocycles. The van der Waals surface area contributed by atoms with Crippen molar-refractivity contribution in [1.29, 1.82) is 0 Å². The number of ether oxygens (including phenoxy) is 1. The number of nitrogens with one attached hydrogen (secondary N) is 2. The van der Waals surface area contributed by atoms with Crippen molar-refractivity contribution in [2.75, 3.05) is 18.5 Å². The monoisotopic (exact) mass is 280 g/mol. The van der Waals surface area contributed by atoms with E-state index in [2.05, 4.69) is 17.6 Å². The maximum atomic E-state index is 12.8. The van der Waals surface area contributed by atoms with Crippen LogP contribution in [0.1, 0.15) is 26.7 Å². The van der Waals surface area contributed by atoms with Crippen LogP contribution < -0.4 is 10.6 Å². The van der Waals surface area contributed by atoms with E-state index >= 15 is 0 Å². The summed E-state index contributed by atoms with van der Waals surface area (Å²) in [6.45, 7) is 5.52. The second-order valence-electron chi connectivity index (χ2n) is 5.67. The largest absolute Gasteiger partial charge is 0.379 e. The highest BCUT2D eigenvalue weighted by molar-refractivity contribution is 5.91. The molecule has 4 nitrogen and oxygen atoms in total. The number of anilines is 1. The van der Waals surface area contributed by atoms with E-state index in [1.54, 1.807) is 12.1 Å². The van der Waals surface area contributed by atoms with Gasteiger partial charge in [0.05, 0.1) is 6.61 Å². The highest BCUT2D eigenvalue weighted by Gasteiger charge is 2.30. The molecule has 2 atom stereocenters. The SMILES string of the molecule is CC(CC(=O)Nc1ccc(F)cc1)NC1(C)CCOC1. The van der Waals surface area contributed by atoms with Crippen molar-refractivity contribution in [1.82, 2.24) is 5.32 Å². The zero-order valence-electron chi connectivity index (χ0n) is 11.9. The molecule has 1 amide bonds. The summed E-state index contributed by atoms with van der Waals surface area (Å²) >= 11 is 0. The number of rotatable bonds is 5. The van der Waals surface area contributed by atoms with Gasteiger partial charge in [0.25, 0.3) is 0 Å². The molecule has 2 unspecified atom stereocenters. The standard InChI is InChI=1S/C15H21FN2O2/c1-11(18-15(2)7-8-20-10-15)9-14(19)17-13-5-3-12(16)4-6-13/h3-6,11,18H,7-10H2,1-2H3,(H,17,19). The van der Waals surface area contributed by atoms with Crippen LogP contribution in [0.5, 0.6) is 0 Å². The summed E-state index contributed by atoms with van der Waals surface area (Å²) in [5.41, 5.74) is 0.564. The smallest absolute Gasteiger partial charge is 0.225 e. The third kappa shape index (κ3) is 4.28. The number of amides is 1.